The van der Waals surface area contributed by atoms with Crippen LogP contribution >= 0.6 is 11.6 Å². The first-order chi connectivity index (χ1) is 14.8. The third-order valence-corrected chi connectivity index (χ3v) is 6.37. The maximum absolute atomic E-state index is 13.7. The Kier molecular flexibility index (Phi) is 7.04. The predicted molar refractivity (Wildman–Crippen MR) is 119 cm³/mol. The maximum Gasteiger partial charge on any atom is 0.264 e. The fourth-order valence-electron chi connectivity index (χ4n) is 2.79. The third-order valence-electron chi connectivity index (χ3n) is 4.36. The van der Waals surface area contributed by atoms with Gasteiger partial charge in [-0.25, -0.2) is 18.2 Å². The zero-order chi connectivity index (χ0) is 22.4. The number of hydrogen-bond acceptors (Lipinski definition) is 4. The molecular formula is C22H19ClFN3O3S. The molecule has 0 atom stereocenters. The summed E-state index contributed by atoms with van der Waals surface area (Å²) in [5.74, 6) is -1.20. The molecule has 0 unspecified atom stereocenters. The summed E-state index contributed by atoms with van der Waals surface area (Å²) < 4.78 is 41.2. The molecule has 6 nitrogen and oxygen atoms in total. The second-order valence-electron chi connectivity index (χ2n) is 6.57. The number of sulfonamides is 1. The average molecular weight is 460 g/mol. The Morgan fingerprint density at radius 2 is 1.77 bits per heavy atom. The van der Waals surface area contributed by atoms with Crippen molar-refractivity contribution in [1.82, 2.24) is 5.43 Å². The highest BCUT2D eigenvalue weighted by atomic mass is 35.5. The zero-order valence-corrected chi connectivity index (χ0v) is 18.1. The SMILES string of the molecule is Cc1ccc(Cl)cc1N(CC(=O)N/N=C\c1ccccc1F)S(=O)(=O)c1ccccc1. The Labute approximate surface area is 185 Å². The summed E-state index contributed by atoms with van der Waals surface area (Å²) in [4.78, 5) is 12.5. The molecule has 9 heteroatoms. The third kappa shape index (κ3) is 5.48. The highest BCUT2D eigenvalue weighted by Gasteiger charge is 2.28. The van der Waals surface area contributed by atoms with Gasteiger partial charge in [0.2, 0.25) is 0 Å². The predicted octanol–water partition coefficient (Wildman–Crippen LogP) is 4.13. The summed E-state index contributed by atoms with van der Waals surface area (Å²) in [5, 5.41) is 4.06. The molecule has 0 saturated heterocycles. The number of halogens is 2. The van der Waals surface area contributed by atoms with Crippen LogP contribution in [0.2, 0.25) is 5.02 Å². The van der Waals surface area contributed by atoms with Crippen molar-refractivity contribution >= 4 is 39.4 Å². The zero-order valence-electron chi connectivity index (χ0n) is 16.5. The van der Waals surface area contributed by atoms with Crippen LogP contribution in [0.15, 0.2) is 82.8 Å². The number of aryl methyl sites for hydroxylation is 1. The van der Waals surface area contributed by atoms with Gasteiger partial charge in [0.1, 0.15) is 12.4 Å². The number of carbonyl (C=O) groups is 1. The molecule has 3 aromatic carbocycles. The molecule has 0 spiro atoms. The minimum Gasteiger partial charge on any atom is -0.271 e. The summed E-state index contributed by atoms with van der Waals surface area (Å²) in [6, 6.07) is 18.5. The lowest BCUT2D eigenvalue weighted by atomic mass is 10.2. The lowest BCUT2D eigenvalue weighted by Crippen LogP contribution is -2.40. The van der Waals surface area contributed by atoms with Gasteiger partial charge in [0.15, 0.2) is 0 Å². The average Bonchev–Trinajstić information content (AvgIpc) is 2.76. The molecule has 0 aliphatic rings. The lowest BCUT2D eigenvalue weighted by molar-refractivity contribution is -0.119. The van der Waals surface area contributed by atoms with Crippen molar-refractivity contribution in [3.63, 3.8) is 0 Å². The fraction of sp³-hybridized carbons (Fsp3) is 0.0909. The van der Waals surface area contributed by atoms with E-state index in [1.165, 1.54) is 36.4 Å². The van der Waals surface area contributed by atoms with Crippen LogP contribution in [0.5, 0.6) is 0 Å². The van der Waals surface area contributed by atoms with Gasteiger partial charge in [0, 0.05) is 10.6 Å². The fourth-order valence-corrected chi connectivity index (χ4v) is 4.45. The van der Waals surface area contributed by atoms with E-state index in [1.807, 2.05) is 0 Å². The van der Waals surface area contributed by atoms with Crippen molar-refractivity contribution in [2.45, 2.75) is 11.8 Å². The minimum absolute atomic E-state index is 0.0250. The van der Waals surface area contributed by atoms with E-state index in [0.717, 1.165) is 10.5 Å². The Hall–Kier alpha value is -3.23. The Morgan fingerprint density at radius 1 is 1.10 bits per heavy atom. The van der Waals surface area contributed by atoms with Crippen molar-refractivity contribution in [2.75, 3.05) is 10.8 Å². The molecule has 0 aliphatic carbocycles. The number of rotatable bonds is 7. The van der Waals surface area contributed by atoms with E-state index in [1.54, 1.807) is 43.3 Å². The van der Waals surface area contributed by atoms with E-state index in [2.05, 4.69) is 10.5 Å². The summed E-state index contributed by atoms with van der Waals surface area (Å²) in [6.07, 6.45) is 1.15. The van der Waals surface area contributed by atoms with Gasteiger partial charge < -0.3 is 0 Å². The molecule has 0 heterocycles. The summed E-state index contributed by atoms with van der Waals surface area (Å²) in [7, 11) is -4.07. The van der Waals surface area contributed by atoms with Gasteiger partial charge in [-0.15, -0.1) is 0 Å². The normalized spacial score (nSPS) is 11.5. The molecule has 0 radical (unpaired) electrons. The molecule has 160 valence electrons. The van der Waals surface area contributed by atoms with Gasteiger partial charge in [-0.05, 0) is 42.8 Å². The molecule has 3 rings (SSSR count). The van der Waals surface area contributed by atoms with Gasteiger partial charge in [0.05, 0.1) is 16.8 Å². The van der Waals surface area contributed by atoms with Crippen molar-refractivity contribution in [1.29, 1.82) is 0 Å². The Bertz CT molecular complexity index is 1220. The van der Waals surface area contributed by atoms with E-state index < -0.39 is 28.3 Å². The largest absolute Gasteiger partial charge is 0.271 e. The monoisotopic (exact) mass is 459 g/mol. The van der Waals surface area contributed by atoms with E-state index in [0.29, 0.717) is 10.6 Å². The highest BCUT2D eigenvalue weighted by Crippen LogP contribution is 2.29. The number of anilines is 1. The first-order valence-corrected chi connectivity index (χ1v) is 11.0. The number of amides is 1. The quantitative estimate of drug-likeness (QED) is 0.426. The number of carbonyl (C=O) groups excluding carboxylic acids is 1. The van der Waals surface area contributed by atoms with Crippen LogP contribution in [0.4, 0.5) is 10.1 Å². The van der Waals surface area contributed by atoms with Crippen LogP contribution in [0.25, 0.3) is 0 Å². The standard InChI is InChI=1S/C22H19ClFN3O3S/c1-16-11-12-18(23)13-21(16)27(31(29,30)19-8-3-2-4-9-19)15-22(28)26-25-14-17-7-5-6-10-20(17)24/h2-14H,15H2,1H3,(H,26,28)/b25-14-. The topological polar surface area (TPSA) is 78.8 Å². The molecule has 31 heavy (non-hydrogen) atoms. The van der Waals surface area contributed by atoms with Gasteiger partial charge in [-0.2, -0.15) is 5.10 Å². The summed E-state index contributed by atoms with van der Waals surface area (Å²) in [5.41, 5.74) is 3.31. The highest BCUT2D eigenvalue weighted by molar-refractivity contribution is 7.92. The molecule has 0 saturated carbocycles. The molecule has 1 N–H and O–H groups in total. The number of hydrogen-bond donors (Lipinski definition) is 1. The number of nitrogens with one attached hydrogen (secondary N) is 1. The molecule has 0 fully saturated rings. The second-order valence-corrected chi connectivity index (χ2v) is 8.87. The minimum atomic E-state index is -4.07. The van der Waals surface area contributed by atoms with Crippen molar-refractivity contribution in [2.24, 2.45) is 5.10 Å². The van der Waals surface area contributed by atoms with Crippen molar-refractivity contribution in [3.8, 4) is 0 Å². The van der Waals surface area contributed by atoms with Crippen LogP contribution in [-0.4, -0.2) is 27.1 Å². The van der Waals surface area contributed by atoms with Crippen LogP contribution in [-0.2, 0) is 14.8 Å². The van der Waals surface area contributed by atoms with E-state index in [9.17, 15) is 17.6 Å². The maximum atomic E-state index is 13.7. The smallest absolute Gasteiger partial charge is 0.264 e. The molecule has 3 aromatic rings. The number of benzene rings is 3. The van der Waals surface area contributed by atoms with E-state index in [4.69, 9.17) is 11.6 Å². The number of hydrazone groups is 1. The van der Waals surface area contributed by atoms with Crippen molar-refractivity contribution < 1.29 is 17.6 Å². The van der Waals surface area contributed by atoms with Crippen molar-refractivity contribution in [3.05, 3.63) is 94.8 Å². The Morgan fingerprint density at radius 3 is 2.48 bits per heavy atom. The molecule has 0 aromatic heterocycles. The molecule has 0 aliphatic heterocycles. The van der Waals surface area contributed by atoms with Gasteiger partial charge in [-0.1, -0.05) is 54.1 Å². The summed E-state index contributed by atoms with van der Waals surface area (Å²) >= 11 is 6.08. The lowest BCUT2D eigenvalue weighted by Gasteiger charge is -2.25. The van der Waals surface area contributed by atoms with Gasteiger partial charge in [0.25, 0.3) is 15.9 Å². The Balaban J connectivity index is 1.89. The van der Waals surface area contributed by atoms with E-state index in [-0.39, 0.29) is 16.1 Å². The van der Waals surface area contributed by atoms with E-state index >= 15 is 0 Å². The van der Waals surface area contributed by atoms with Crippen LogP contribution in [0.1, 0.15) is 11.1 Å². The first kappa shape index (κ1) is 22.5. The molecule has 1 amide bonds. The first-order valence-electron chi connectivity index (χ1n) is 9.19. The van der Waals surface area contributed by atoms with Gasteiger partial charge in [-0.3, -0.25) is 9.10 Å². The second kappa shape index (κ2) is 9.72. The van der Waals surface area contributed by atoms with Gasteiger partial charge >= 0.3 is 0 Å². The molecule has 0 bridgehead atoms. The van der Waals surface area contributed by atoms with Crippen LogP contribution in [0.3, 0.4) is 0 Å². The number of nitrogens with zero attached hydrogens (tertiary/aromatic N) is 2. The van der Waals surface area contributed by atoms with Crippen LogP contribution in [0, 0.1) is 12.7 Å². The molecular weight excluding hydrogens is 441 g/mol. The van der Waals surface area contributed by atoms with Crippen LogP contribution < -0.4 is 9.73 Å². The summed E-state index contributed by atoms with van der Waals surface area (Å²) in [6.45, 7) is 1.17.